The van der Waals surface area contributed by atoms with E-state index in [1.165, 1.54) is 0 Å². The van der Waals surface area contributed by atoms with Crippen LogP contribution in [0.25, 0.3) is 28.5 Å². The van der Waals surface area contributed by atoms with Crippen molar-refractivity contribution in [2.75, 3.05) is 38.8 Å². The molecule has 0 unspecified atom stereocenters. The van der Waals surface area contributed by atoms with Gasteiger partial charge in [0.1, 0.15) is 22.9 Å². The summed E-state index contributed by atoms with van der Waals surface area (Å²) in [6.07, 6.45) is 1.67. The zero-order chi connectivity index (χ0) is 23.5. The third-order valence-electron chi connectivity index (χ3n) is 5.18. The van der Waals surface area contributed by atoms with Gasteiger partial charge in [0.15, 0.2) is 22.9 Å². The number of ether oxygens (including phenoxy) is 4. The molecule has 1 saturated heterocycles. The highest BCUT2D eigenvalue weighted by Gasteiger charge is 2.24. The van der Waals surface area contributed by atoms with Crippen LogP contribution in [-0.4, -0.2) is 63.8 Å². The molecule has 5 rings (SSSR count). The van der Waals surface area contributed by atoms with E-state index in [4.69, 9.17) is 28.9 Å². The largest absolute Gasteiger partial charge is 0.494 e. The lowest BCUT2D eigenvalue weighted by molar-refractivity contribution is 0.0457. The van der Waals surface area contributed by atoms with Crippen LogP contribution in [0.4, 0.5) is 5.82 Å². The maximum Gasteiger partial charge on any atom is 0.213 e. The topological polar surface area (TPSA) is 105 Å². The van der Waals surface area contributed by atoms with Gasteiger partial charge in [-0.25, -0.2) is 19.9 Å². The molecule has 0 aliphatic carbocycles. The van der Waals surface area contributed by atoms with Gasteiger partial charge in [-0.1, -0.05) is 12.1 Å². The smallest absolute Gasteiger partial charge is 0.213 e. The van der Waals surface area contributed by atoms with Crippen LogP contribution in [0.3, 0.4) is 0 Å². The van der Waals surface area contributed by atoms with Crippen molar-refractivity contribution in [2.45, 2.75) is 12.2 Å². The molecule has 0 atom stereocenters. The van der Waals surface area contributed by atoms with Crippen LogP contribution in [-0.2, 0) is 4.74 Å². The number of pyridine rings is 1. The van der Waals surface area contributed by atoms with Crippen LogP contribution < -0.4 is 18.9 Å². The molecule has 0 bridgehead atoms. The van der Waals surface area contributed by atoms with Gasteiger partial charge in [-0.05, 0) is 37.1 Å². The first-order chi connectivity index (χ1) is 16.7. The number of imidazole rings is 1. The number of nitrogens with zero attached hydrogens (tertiary/aromatic N) is 5. The van der Waals surface area contributed by atoms with Gasteiger partial charge in [0.25, 0.3) is 0 Å². The minimum atomic E-state index is 0.387. The Bertz CT molecular complexity index is 1290. The number of hydrogen-bond acceptors (Lipinski definition) is 10. The lowest BCUT2D eigenvalue weighted by Gasteiger charge is -2.24. The Labute approximate surface area is 200 Å². The molecule has 0 amide bonds. The molecule has 1 aromatic carbocycles. The molecule has 0 saturated carbocycles. The molecule has 1 N–H and O–H groups in total. The molecule has 0 spiro atoms. The Kier molecular flexibility index (Phi) is 6.37. The number of benzene rings is 1. The molecule has 4 aromatic rings. The summed E-state index contributed by atoms with van der Waals surface area (Å²) in [5.74, 6) is 2.86. The average Bonchev–Trinajstić information content (AvgIpc) is 3.21. The van der Waals surface area contributed by atoms with Gasteiger partial charge in [0, 0.05) is 6.07 Å². The molecule has 1 aliphatic rings. The summed E-state index contributed by atoms with van der Waals surface area (Å²) in [6, 6.07) is 11.1. The standard InChI is InChI=1S/C23H24N6O4S/c1-4-33-19-10-5-7-15(25-19)22-27-21-23(26-18(11-24-21)28-34-14-12-32-13-14)29(22)20-16(30-2)8-6-9-17(20)31-3/h5-11,14H,4,12-13H2,1-3H3,(H,26,28). The van der Waals surface area contributed by atoms with E-state index in [9.17, 15) is 0 Å². The lowest BCUT2D eigenvalue weighted by atomic mass is 10.2. The van der Waals surface area contributed by atoms with E-state index in [1.54, 1.807) is 32.4 Å². The first-order valence-electron chi connectivity index (χ1n) is 10.8. The predicted molar refractivity (Wildman–Crippen MR) is 130 cm³/mol. The van der Waals surface area contributed by atoms with Crippen LogP contribution in [0.5, 0.6) is 17.4 Å². The summed E-state index contributed by atoms with van der Waals surface area (Å²) in [5.41, 5.74) is 2.26. The molecular formula is C23H24N6O4S. The van der Waals surface area contributed by atoms with Gasteiger partial charge in [-0.3, -0.25) is 4.57 Å². The Morgan fingerprint density at radius 2 is 1.82 bits per heavy atom. The molecule has 4 heterocycles. The first kappa shape index (κ1) is 22.2. The van der Waals surface area contributed by atoms with Crippen LogP contribution in [0.1, 0.15) is 6.92 Å². The van der Waals surface area contributed by atoms with E-state index in [2.05, 4.69) is 14.7 Å². The zero-order valence-corrected chi connectivity index (χ0v) is 19.8. The van der Waals surface area contributed by atoms with Crippen molar-refractivity contribution in [3.63, 3.8) is 0 Å². The van der Waals surface area contributed by atoms with Crippen molar-refractivity contribution in [1.29, 1.82) is 0 Å². The second-order valence-electron chi connectivity index (χ2n) is 7.36. The normalized spacial score (nSPS) is 13.5. The minimum absolute atomic E-state index is 0.387. The van der Waals surface area contributed by atoms with Gasteiger partial charge >= 0.3 is 0 Å². The highest BCUT2D eigenvalue weighted by atomic mass is 32.2. The van der Waals surface area contributed by atoms with E-state index < -0.39 is 0 Å². The summed E-state index contributed by atoms with van der Waals surface area (Å²) in [6.45, 7) is 3.86. The van der Waals surface area contributed by atoms with Gasteiger partial charge in [0.2, 0.25) is 5.88 Å². The van der Waals surface area contributed by atoms with Crippen molar-refractivity contribution < 1.29 is 18.9 Å². The van der Waals surface area contributed by atoms with E-state index in [0.717, 1.165) is 13.2 Å². The molecule has 0 radical (unpaired) electrons. The number of methoxy groups -OCH3 is 2. The maximum atomic E-state index is 5.69. The van der Waals surface area contributed by atoms with E-state index >= 15 is 0 Å². The minimum Gasteiger partial charge on any atom is -0.494 e. The number of anilines is 1. The van der Waals surface area contributed by atoms with Crippen LogP contribution in [0.2, 0.25) is 0 Å². The average molecular weight is 481 g/mol. The van der Waals surface area contributed by atoms with Crippen molar-refractivity contribution in [1.82, 2.24) is 24.5 Å². The number of aromatic nitrogens is 5. The van der Waals surface area contributed by atoms with Crippen LogP contribution in [0.15, 0.2) is 42.6 Å². The lowest BCUT2D eigenvalue weighted by Crippen LogP contribution is -2.31. The number of rotatable bonds is 9. The molecule has 11 heteroatoms. The second-order valence-corrected chi connectivity index (χ2v) is 8.46. The van der Waals surface area contributed by atoms with Crippen LogP contribution in [0, 0.1) is 0 Å². The van der Waals surface area contributed by atoms with Gasteiger partial charge in [0.05, 0.1) is 45.5 Å². The Balaban J connectivity index is 1.71. The van der Waals surface area contributed by atoms with Crippen molar-refractivity contribution in [2.24, 2.45) is 0 Å². The van der Waals surface area contributed by atoms with Crippen LogP contribution >= 0.6 is 11.9 Å². The fourth-order valence-corrected chi connectivity index (χ4v) is 4.25. The van der Waals surface area contributed by atoms with Gasteiger partial charge in [-0.15, -0.1) is 0 Å². The van der Waals surface area contributed by atoms with E-state index in [-0.39, 0.29) is 0 Å². The Hall–Kier alpha value is -3.57. The monoisotopic (exact) mass is 480 g/mol. The fourth-order valence-electron chi connectivity index (χ4n) is 3.53. The quantitative estimate of drug-likeness (QED) is 0.356. The zero-order valence-electron chi connectivity index (χ0n) is 19.0. The Morgan fingerprint density at radius 1 is 1.06 bits per heavy atom. The van der Waals surface area contributed by atoms with Gasteiger partial charge in [-0.2, -0.15) is 0 Å². The number of fused-ring (bicyclic) bond motifs is 1. The summed E-state index contributed by atoms with van der Waals surface area (Å²) in [7, 11) is 3.22. The third-order valence-corrected chi connectivity index (χ3v) is 6.11. The molecule has 1 fully saturated rings. The first-order valence-corrected chi connectivity index (χ1v) is 11.7. The summed E-state index contributed by atoms with van der Waals surface area (Å²) in [4.78, 5) is 18.8. The molecule has 34 heavy (non-hydrogen) atoms. The van der Waals surface area contributed by atoms with E-state index in [1.807, 2.05) is 47.9 Å². The second kappa shape index (κ2) is 9.74. The van der Waals surface area contributed by atoms with Gasteiger partial charge < -0.3 is 23.7 Å². The van der Waals surface area contributed by atoms with Crippen molar-refractivity contribution >= 4 is 29.1 Å². The molecule has 176 valence electrons. The molecule has 3 aromatic heterocycles. The summed E-state index contributed by atoms with van der Waals surface area (Å²) in [5, 5.41) is 0.387. The SMILES string of the molecule is CCOc1cccc(-c2nc3ncc(NSC4COC4)nc3n2-c2c(OC)cccc2OC)n1. The highest BCUT2D eigenvalue weighted by molar-refractivity contribution is 8.01. The number of hydrogen-bond donors (Lipinski definition) is 1. The molecule has 1 aliphatic heterocycles. The van der Waals surface area contributed by atoms with E-state index in [0.29, 0.717) is 63.6 Å². The fraction of sp³-hybridized carbons (Fsp3) is 0.304. The highest BCUT2D eigenvalue weighted by Crippen LogP contribution is 2.38. The summed E-state index contributed by atoms with van der Waals surface area (Å²) >= 11 is 1.57. The molecular weight excluding hydrogens is 456 g/mol. The Morgan fingerprint density at radius 3 is 2.50 bits per heavy atom. The third kappa shape index (κ3) is 4.19. The summed E-state index contributed by atoms with van der Waals surface area (Å²) < 4.78 is 27.4. The number of nitrogens with one attached hydrogen (secondary N) is 1. The predicted octanol–water partition coefficient (Wildman–Crippen LogP) is 3.75. The molecule has 10 nitrogen and oxygen atoms in total. The van der Waals surface area contributed by atoms with Crippen molar-refractivity contribution in [3.8, 4) is 34.6 Å². The maximum absolute atomic E-state index is 5.69. The van der Waals surface area contributed by atoms with Crippen molar-refractivity contribution in [3.05, 3.63) is 42.6 Å². The number of para-hydroxylation sites is 1.